The molecule has 1 aromatic heterocycles. The van der Waals surface area contributed by atoms with Crippen LogP contribution in [0.5, 0.6) is 0 Å². The Morgan fingerprint density at radius 1 is 1.59 bits per heavy atom. The van der Waals surface area contributed by atoms with Gasteiger partial charge in [0.05, 0.1) is 12.7 Å². The number of halogens is 4. The molecule has 96 valence electrons. The number of aromatic carboxylic acids is 1. The first-order chi connectivity index (χ1) is 7.84. The Labute approximate surface area is 92.8 Å². The van der Waals surface area contributed by atoms with E-state index >= 15 is 0 Å². The second-order valence-corrected chi connectivity index (χ2v) is 3.24. The number of rotatable bonds is 6. The summed E-state index contributed by atoms with van der Waals surface area (Å²) >= 11 is 0. The molecule has 0 saturated heterocycles. The minimum atomic E-state index is -4.15. The normalized spacial score (nSPS) is 12.1. The van der Waals surface area contributed by atoms with Gasteiger partial charge >= 0.3 is 18.3 Å². The molecule has 1 heterocycles. The van der Waals surface area contributed by atoms with E-state index in [-0.39, 0.29) is 17.8 Å². The molecule has 0 fully saturated rings. The average Bonchev–Trinajstić information content (AvgIpc) is 2.65. The number of aromatic amines is 1. The van der Waals surface area contributed by atoms with E-state index in [1.165, 1.54) is 0 Å². The highest BCUT2D eigenvalue weighted by Crippen LogP contribution is 2.21. The monoisotopic (exact) mass is 255 g/mol. The third-order valence-corrected chi connectivity index (χ3v) is 1.93. The Bertz CT molecular complexity index is 394. The molecule has 0 unspecified atom stereocenters. The van der Waals surface area contributed by atoms with Crippen molar-refractivity contribution in [2.75, 3.05) is 6.54 Å². The van der Waals surface area contributed by atoms with E-state index in [0.29, 0.717) is 0 Å². The Morgan fingerprint density at radius 2 is 2.24 bits per heavy atom. The van der Waals surface area contributed by atoms with Crippen molar-refractivity contribution in [3.8, 4) is 0 Å². The van der Waals surface area contributed by atoms with Crippen LogP contribution in [-0.2, 0) is 6.54 Å². The average molecular weight is 255 g/mol. The van der Waals surface area contributed by atoms with Crippen LogP contribution in [0.4, 0.5) is 17.6 Å². The van der Waals surface area contributed by atoms with Gasteiger partial charge in [-0.3, -0.25) is 5.10 Å². The fourth-order valence-corrected chi connectivity index (χ4v) is 1.07. The molecule has 1 rings (SSSR count). The van der Waals surface area contributed by atoms with Crippen molar-refractivity contribution in [3.63, 3.8) is 0 Å². The van der Waals surface area contributed by atoms with Crippen LogP contribution in [-0.4, -0.2) is 40.2 Å². The van der Waals surface area contributed by atoms with Crippen molar-refractivity contribution >= 4 is 5.97 Å². The number of nitrogens with zero attached hydrogens (tertiary/aromatic N) is 1. The zero-order chi connectivity index (χ0) is 13.1. The molecule has 0 aliphatic heterocycles. The summed E-state index contributed by atoms with van der Waals surface area (Å²) in [6, 6.07) is 0. The number of carboxylic acid groups (broad SMARTS) is 1. The second kappa shape index (κ2) is 5.13. The molecule has 1 aromatic rings. The van der Waals surface area contributed by atoms with Gasteiger partial charge in [-0.1, -0.05) is 0 Å². The first-order valence-electron chi connectivity index (χ1n) is 4.47. The van der Waals surface area contributed by atoms with Crippen LogP contribution in [0.25, 0.3) is 0 Å². The first-order valence-corrected chi connectivity index (χ1v) is 4.47. The third-order valence-electron chi connectivity index (χ3n) is 1.93. The van der Waals surface area contributed by atoms with Crippen LogP contribution in [0.1, 0.15) is 16.1 Å². The van der Waals surface area contributed by atoms with Gasteiger partial charge in [0, 0.05) is 12.1 Å². The summed E-state index contributed by atoms with van der Waals surface area (Å²) in [4.78, 5) is 10.6. The summed E-state index contributed by atoms with van der Waals surface area (Å²) in [6.07, 6.45) is -2.64. The lowest BCUT2D eigenvalue weighted by Crippen LogP contribution is -2.38. The van der Waals surface area contributed by atoms with Gasteiger partial charge in [0.15, 0.2) is 0 Å². The van der Waals surface area contributed by atoms with E-state index in [9.17, 15) is 22.4 Å². The van der Waals surface area contributed by atoms with Gasteiger partial charge in [-0.05, 0) is 0 Å². The summed E-state index contributed by atoms with van der Waals surface area (Å²) in [5.41, 5.74) is -0.152. The van der Waals surface area contributed by atoms with Gasteiger partial charge in [-0.2, -0.15) is 13.9 Å². The van der Waals surface area contributed by atoms with Gasteiger partial charge in [0.25, 0.3) is 0 Å². The number of carboxylic acids is 1. The number of hydrogen-bond donors (Lipinski definition) is 3. The predicted molar refractivity (Wildman–Crippen MR) is 48.2 cm³/mol. The van der Waals surface area contributed by atoms with Crippen LogP contribution in [0.2, 0.25) is 0 Å². The van der Waals surface area contributed by atoms with E-state index in [1.54, 1.807) is 0 Å². The van der Waals surface area contributed by atoms with E-state index < -0.39 is 24.9 Å². The van der Waals surface area contributed by atoms with Crippen LogP contribution in [0.15, 0.2) is 6.20 Å². The zero-order valence-electron chi connectivity index (χ0n) is 8.38. The molecule has 9 heteroatoms. The van der Waals surface area contributed by atoms with E-state index in [0.717, 1.165) is 6.20 Å². The highest BCUT2D eigenvalue weighted by Gasteiger charge is 2.40. The summed E-state index contributed by atoms with van der Waals surface area (Å²) in [6.45, 7) is -1.53. The summed E-state index contributed by atoms with van der Waals surface area (Å²) in [5, 5.41) is 16.2. The largest absolute Gasteiger partial charge is 0.477 e. The summed E-state index contributed by atoms with van der Waals surface area (Å²) < 4.78 is 48.5. The topological polar surface area (TPSA) is 78.0 Å². The van der Waals surface area contributed by atoms with Gasteiger partial charge in [0.2, 0.25) is 0 Å². The van der Waals surface area contributed by atoms with Crippen LogP contribution < -0.4 is 5.32 Å². The van der Waals surface area contributed by atoms with E-state index in [2.05, 4.69) is 15.5 Å². The predicted octanol–water partition coefficient (Wildman–Crippen LogP) is 1.10. The molecular formula is C8H9F4N3O2. The van der Waals surface area contributed by atoms with Crippen molar-refractivity contribution in [2.24, 2.45) is 0 Å². The Morgan fingerprint density at radius 3 is 2.76 bits per heavy atom. The lowest BCUT2D eigenvalue weighted by Gasteiger charge is -2.15. The molecule has 3 N–H and O–H groups in total. The van der Waals surface area contributed by atoms with Crippen LogP contribution in [0.3, 0.4) is 0 Å². The Kier molecular flexibility index (Phi) is 4.05. The molecule has 0 atom stereocenters. The molecule has 0 aliphatic rings. The number of alkyl halides is 4. The molecule has 0 amide bonds. The number of hydrogen-bond acceptors (Lipinski definition) is 3. The summed E-state index contributed by atoms with van der Waals surface area (Å²) in [7, 11) is 0. The summed E-state index contributed by atoms with van der Waals surface area (Å²) in [5.74, 6) is -5.45. The second-order valence-electron chi connectivity index (χ2n) is 3.24. The standard InChI is InChI=1S/C8H9F4N3O2/c9-7(10)8(11,12)3-13-1-4-2-14-15-5(4)6(16)17/h2,7,13H,1,3H2,(H,14,15)(H,16,17). The smallest absolute Gasteiger partial charge is 0.354 e. The minimum absolute atomic E-state index is 0.113. The lowest BCUT2D eigenvalue weighted by atomic mass is 10.2. The van der Waals surface area contributed by atoms with Crippen molar-refractivity contribution in [1.82, 2.24) is 15.5 Å². The van der Waals surface area contributed by atoms with Crippen molar-refractivity contribution in [2.45, 2.75) is 18.9 Å². The molecule has 0 spiro atoms. The maximum absolute atomic E-state index is 12.5. The molecule has 17 heavy (non-hydrogen) atoms. The number of H-pyrrole nitrogens is 1. The Balaban J connectivity index is 2.52. The molecular weight excluding hydrogens is 246 g/mol. The fraction of sp³-hybridized carbons (Fsp3) is 0.500. The minimum Gasteiger partial charge on any atom is -0.477 e. The van der Waals surface area contributed by atoms with Crippen molar-refractivity contribution in [3.05, 3.63) is 17.5 Å². The van der Waals surface area contributed by atoms with Crippen LogP contribution in [0, 0.1) is 0 Å². The molecule has 5 nitrogen and oxygen atoms in total. The first kappa shape index (κ1) is 13.4. The van der Waals surface area contributed by atoms with E-state index in [1.807, 2.05) is 0 Å². The fourth-order valence-electron chi connectivity index (χ4n) is 1.07. The molecule has 0 aromatic carbocycles. The highest BCUT2D eigenvalue weighted by molar-refractivity contribution is 5.86. The maximum Gasteiger partial charge on any atom is 0.354 e. The number of carbonyl (C=O) groups is 1. The van der Waals surface area contributed by atoms with Crippen LogP contribution >= 0.6 is 0 Å². The maximum atomic E-state index is 12.5. The SMILES string of the molecule is O=C(O)c1[nH]ncc1CNCC(F)(F)C(F)F. The van der Waals surface area contributed by atoms with Gasteiger partial charge in [-0.25, -0.2) is 13.6 Å². The van der Waals surface area contributed by atoms with Crippen molar-refractivity contribution in [1.29, 1.82) is 0 Å². The van der Waals surface area contributed by atoms with Crippen molar-refractivity contribution < 1.29 is 27.5 Å². The van der Waals surface area contributed by atoms with E-state index in [4.69, 9.17) is 5.11 Å². The molecule has 0 radical (unpaired) electrons. The quantitative estimate of drug-likeness (QED) is 0.665. The third kappa shape index (κ3) is 3.41. The van der Waals surface area contributed by atoms with Gasteiger partial charge in [-0.15, -0.1) is 0 Å². The number of aromatic nitrogens is 2. The molecule has 0 aliphatic carbocycles. The molecule has 0 saturated carbocycles. The lowest BCUT2D eigenvalue weighted by molar-refractivity contribution is -0.125. The Hall–Kier alpha value is -1.64. The molecule has 0 bridgehead atoms. The zero-order valence-corrected chi connectivity index (χ0v) is 8.38. The number of nitrogens with one attached hydrogen (secondary N) is 2. The van der Waals surface area contributed by atoms with Gasteiger partial charge in [0.1, 0.15) is 5.69 Å². The highest BCUT2D eigenvalue weighted by atomic mass is 19.3. The van der Waals surface area contributed by atoms with Gasteiger partial charge < -0.3 is 10.4 Å².